The standard InChI is InChI=1S/C11H20F3NO/c12-11(13,14)9-16-7-3-6-10(8-15)4-1-2-5-10/h1-9,15H2. The van der Waals surface area contributed by atoms with Gasteiger partial charge < -0.3 is 10.5 Å². The lowest BCUT2D eigenvalue weighted by Crippen LogP contribution is -2.28. The zero-order chi connectivity index (χ0) is 12.1. The smallest absolute Gasteiger partial charge is 0.372 e. The molecule has 0 aliphatic heterocycles. The predicted molar refractivity (Wildman–Crippen MR) is 56.1 cm³/mol. The topological polar surface area (TPSA) is 35.2 Å². The number of hydrogen-bond acceptors (Lipinski definition) is 2. The minimum atomic E-state index is -4.21. The molecule has 0 aromatic heterocycles. The van der Waals surface area contributed by atoms with Gasteiger partial charge in [-0.15, -0.1) is 0 Å². The SMILES string of the molecule is NCC1(CCCOCC(F)(F)F)CCCC1. The first kappa shape index (κ1) is 13.8. The van der Waals surface area contributed by atoms with Crippen LogP contribution in [0.5, 0.6) is 0 Å². The molecule has 0 radical (unpaired) electrons. The van der Waals surface area contributed by atoms with Crippen LogP contribution in [0.1, 0.15) is 38.5 Å². The van der Waals surface area contributed by atoms with E-state index in [9.17, 15) is 13.2 Å². The van der Waals surface area contributed by atoms with E-state index in [1.165, 1.54) is 12.8 Å². The lowest BCUT2D eigenvalue weighted by molar-refractivity contribution is -0.174. The predicted octanol–water partition coefficient (Wildman–Crippen LogP) is 2.86. The average molecular weight is 239 g/mol. The summed E-state index contributed by atoms with van der Waals surface area (Å²) in [4.78, 5) is 0. The second-order valence-electron chi connectivity index (χ2n) is 4.68. The third-order valence-corrected chi connectivity index (χ3v) is 3.36. The monoisotopic (exact) mass is 239 g/mol. The zero-order valence-corrected chi connectivity index (χ0v) is 9.48. The van der Waals surface area contributed by atoms with E-state index < -0.39 is 12.8 Å². The van der Waals surface area contributed by atoms with Gasteiger partial charge in [0.25, 0.3) is 0 Å². The fourth-order valence-corrected chi connectivity index (χ4v) is 2.42. The van der Waals surface area contributed by atoms with Gasteiger partial charge in [0.15, 0.2) is 0 Å². The van der Waals surface area contributed by atoms with Gasteiger partial charge in [-0.2, -0.15) is 13.2 Å². The van der Waals surface area contributed by atoms with Crippen LogP contribution in [0.3, 0.4) is 0 Å². The molecule has 0 amide bonds. The minimum Gasteiger partial charge on any atom is -0.372 e. The first-order valence-corrected chi connectivity index (χ1v) is 5.82. The molecule has 0 saturated heterocycles. The van der Waals surface area contributed by atoms with Gasteiger partial charge in [0, 0.05) is 6.61 Å². The van der Waals surface area contributed by atoms with Crippen molar-refractivity contribution >= 4 is 0 Å². The summed E-state index contributed by atoms with van der Waals surface area (Å²) in [6.07, 6.45) is 1.97. The highest BCUT2D eigenvalue weighted by molar-refractivity contribution is 4.85. The first-order chi connectivity index (χ1) is 7.47. The second kappa shape index (κ2) is 5.87. The van der Waals surface area contributed by atoms with Crippen LogP contribution in [0.15, 0.2) is 0 Å². The Kier molecular flexibility index (Phi) is 5.05. The molecule has 0 aromatic carbocycles. The largest absolute Gasteiger partial charge is 0.411 e. The van der Waals surface area contributed by atoms with Gasteiger partial charge in [0.05, 0.1) is 0 Å². The molecule has 0 atom stereocenters. The van der Waals surface area contributed by atoms with Crippen molar-refractivity contribution in [3.05, 3.63) is 0 Å². The molecule has 0 heterocycles. The quantitative estimate of drug-likeness (QED) is 0.723. The highest BCUT2D eigenvalue weighted by atomic mass is 19.4. The molecule has 96 valence electrons. The van der Waals surface area contributed by atoms with Crippen molar-refractivity contribution < 1.29 is 17.9 Å². The summed E-state index contributed by atoms with van der Waals surface area (Å²) in [5, 5.41) is 0. The fraction of sp³-hybridized carbons (Fsp3) is 1.00. The van der Waals surface area contributed by atoms with Crippen molar-refractivity contribution in [3.63, 3.8) is 0 Å². The molecule has 1 aliphatic carbocycles. The van der Waals surface area contributed by atoms with Crippen molar-refractivity contribution in [2.45, 2.75) is 44.7 Å². The van der Waals surface area contributed by atoms with E-state index in [0.717, 1.165) is 19.3 Å². The van der Waals surface area contributed by atoms with Crippen LogP contribution in [-0.2, 0) is 4.74 Å². The van der Waals surface area contributed by atoms with Gasteiger partial charge >= 0.3 is 6.18 Å². The third kappa shape index (κ3) is 4.70. The Morgan fingerprint density at radius 1 is 1.19 bits per heavy atom. The minimum absolute atomic E-state index is 0.182. The Morgan fingerprint density at radius 2 is 1.81 bits per heavy atom. The van der Waals surface area contributed by atoms with E-state index in [1.54, 1.807) is 0 Å². The number of ether oxygens (including phenoxy) is 1. The van der Waals surface area contributed by atoms with Gasteiger partial charge in [-0.25, -0.2) is 0 Å². The van der Waals surface area contributed by atoms with E-state index in [0.29, 0.717) is 13.0 Å². The molecule has 0 spiro atoms. The highest BCUT2D eigenvalue weighted by Gasteiger charge is 2.32. The van der Waals surface area contributed by atoms with Crippen LogP contribution in [0.25, 0.3) is 0 Å². The lowest BCUT2D eigenvalue weighted by Gasteiger charge is -2.26. The normalized spacial score (nSPS) is 20.2. The molecule has 16 heavy (non-hydrogen) atoms. The number of halogens is 3. The van der Waals surface area contributed by atoms with Crippen molar-refractivity contribution in [1.29, 1.82) is 0 Å². The van der Waals surface area contributed by atoms with E-state index in [4.69, 9.17) is 5.73 Å². The maximum Gasteiger partial charge on any atom is 0.411 e. The van der Waals surface area contributed by atoms with Crippen LogP contribution >= 0.6 is 0 Å². The highest BCUT2D eigenvalue weighted by Crippen LogP contribution is 2.40. The van der Waals surface area contributed by atoms with Crippen molar-refractivity contribution in [2.75, 3.05) is 19.8 Å². The Hall–Kier alpha value is -0.290. The maximum absolute atomic E-state index is 11.8. The van der Waals surface area contributed by atoms with E-state index >= 15 is 0 Å². The summed E-state index contributed by atoms with van der Waals surface area (Å²) >= 11 is 0. The van der Waals surface area contributed by atoms with Gasteiger partial charge in [0.2, 0.25) is 0 Å². The molecule has 2 nitrogen and oxygen atoms in total. The van der Waals surface area contributed by atoms with Gasteiger partial charge in [-0.3, -0.25) is 0 Å². The van der Waals surface area contributed by atoms with Gasteiger partial charge in [0.1, 0.15) is 6.61 Å². The van der Waals surface area contributed by atoms with Crippen molar-refractivity contribution in [3.8, 4) is 0 Å². The first-order valence-electron chi connectivity index (χ1n) is 5.82. The summed E-state index contributed by atoms with van der Waals surface area (Å²) in [6.45, 7) is -0.309. The van der Waals surface area contributed by atoms with E-state index in [1.807, 2.05) is 0 Å². The number of nitrogens with two attached hydrogens (primary N) is 1. The molecular formula is C11H20F3NO. The maximum atomic E-state index is 11.8. The third-order valence-electron chi connectivity index (χ3n) is 3.36. The molecule has 0 bridgehead atoms. The molecule has 0 aromatic rings. The van der Waals surface area contributed by atoms with Crippen LogP contribution in [0.4, 0.5) is 13.2 Å². The number of alkyl halides is 3. The molecule has 0 unspecified atom stereocenters. The summed E-state index contributed by atoms with van der Waals surface area (Å²) < 4.78 is 39.9. The van der Waals surface area contributed by atoms with Crippen molar-refractivity contribution in [1.82, 2.24) is 0 Å². The molecule has 2 N–H and O–H groups in total. The fourth-order valence-electron chi connectivity index (χ4n) is 2.42. The van der Waals surface area contributed by atoms with Gasteiger partial charge in [-0.1, -0.05) is 12.8 Å². The molecule has 1 fully saturated rings. The number of hydrogen-bond donors (Lipinski definition) is 1. The molecule has 1 aliphatic rings. The van der Waals surface area contributed by atoms with Crippen LogP contribution in [-0.4, -0.2) is 25.9 Å². The summed E-state index contributed by atoms with van der Waals surface area (Å²) in [7, 11) is 0. The van der Waals surface area contributed by atoms with Crippen molar-refractivity contribution in [2.24, 2.45) is 11.1 Å². The van der Waals surface area contributed by atoms with E-state index in [2.05, 4.69) is 4.74 Å². The average Bonchev–Trinajstić information content (AvgIpc) is 2.65. The Balaban J connectivity index is 2.10. The summed E-state index contributed by atoms with van der Waals surface area (Å²) in [5.74, 6) is 0. The summed E-state index contributed by atoms with van der Waals surface area (Å²) in [5.41, 5.74) is 5.91. The Labute approximate surface area is 94.3 Å². The second-order valence-corrected chi connectivity index (χ2v) is 4.68. The van der Waals surface area contributed by atoms with Crippen LogP contribution in [0, 0.1) is 5.41 Å². The molecular weight excluding hydrogens is 219 g/mol. The number of rotatable bonds is 6. The summed E-state index contributed by atoms with van der Waals surface area (Å²) in [6, 6.07) is 0. The van der Waals surface area contributed by atoms with Crippen LogP contribution in [0.2, 0.25) is 0 Å². The zero-order valence-electron chi connectivity index (χ0n) is 9.48. The molecule has 5 heteroatoms. The Bertz CT molecular complexity index is 200. The van der Waals surface area contributed by atoms with Crippen LogP contribution < -0.4 is 5.73 Å². The van der Waals surface area contributed by atoms with Gasteiger partial charge in [-0.05, 0) is 37.6 Å². The lowest BCUT2D eigenvalue weighted by atomic mass is 9.82. The Morgan fingerprint density at radius 3 is 2.31 bits per heavy atom. The molecule has 1 saturated carbocycles. The molecule has 1 rings (SSSR count). The van der Waals surface area contributed by atoms with E-state index in [-0.39, 0.29) is 12.0 Å².